The van der Waals surface area contributed by atoms with E-state index in [1.807, 2.05) is 0 Å². The smallest absolute Gasteiger partial charge is 0.0363 e. The average Bonchev–Trinajstić information content (AvgIpc) is 2.82. The van der Waals surface area contributed by atoms with Crippen LogP contribution in [0.15, 0.2) is 60.7 Å². The second-order valence-electron chi connectivity index (χ2n) is 8.38. The molecule has 0 saturated heterocycles. The molecule has 0 radical (unpaired) electrons. The molecule has 4 heteroatoms. The fraction of sp³-hybridized carbons (Fsp3) is 0.556. The van der Waals surface area contributed by atoms with Crippen LogP contribution in [0.1, 0.15) is 51.4 Å². The van der Waals surface area contributed by atoms with E-state index in [1.54, 1.807) is 0 Å². The van der Waals surface area contributed by atoms with Gasteiger partial charge in [-0.1, -0.05) is 62.1 Å². The van der Waals surface area contributed by atoms with Crippen LogP contribution in [-0.2, 0) is 0 Å². The second-order valence-corrected chi connectivity index (χ2v) is 8.38. The molecule has 4 nitrogen and oxygen atoms in total. The van der Waals surface area contributed by atoms with E-state index in [0.29, 0.717) is 0 Å². The molecular formula is C27H44N4. The molecule has 0 bridgehead atoms. The Kier molecular flexibility index (Phi) is 14.3. The van der Waals surface area contributed by atoms with Crippen LogP contribution in [0.2, 0.25) is 0 Å². The third-order valence-corrected chi connectivity index (χ3v) is 5.63. The molecule has 172 valence electrons. The fourth-order valence-corrected chi connectivity index (χ4v) is 3.71. The van der Waals surface area contributed by atoms with Crippen LogP contribution in [-0.4, -0.2) is 46.3 Å². The molecule has 2 aromatic rings. The lowest BCUT2D eigenvalue weighted by Gasteiger charge is -2.19. The van der Waals surface area contributed by atoms with Gasteiger partial charge in [0.15, 0.2) is 0 Å². The van der Waals surface area contributed by atoms with Crippen LogP contribution in [0.4, 0.5) is 11.4 Å². The Hall–Kier alpha value is -2.04. The lowest BCUT2D eigenvalue weighted by molar-refractivity contribution is 0.545. The number of para-hydroxylation sites is 2. The van der Waals surface area contributed by atoms with Gasteiger partial charge in [0, 0.05) is 31.5 Å². The SMILES string of the molecule is CN(CCCNCCCCCCCCNCCCNc1ccccc1)c1ccccc1. The fourth-order valence-electron chi connectivity index (χ4n) is 3.71. The molecule has 0 aliphatic rings. The molecule has 0 heterocycles. The number of benzene rings is 2. The lowest BCUT2D eigenvalue weighted by atomic mass is 10.1. The van der Waals surface area contributed by atoms with Gasteiger partial charge in [-0.15, -0.1) is 0 Å². The van der Waals surface area contributed by atoms with Crippen LogP contribution in [0.3, 0.4) is 0 Å². The highest BCUT2D eigenvalue weighted by Crippen LogP contribution is 2.10. The zero-order chi connectivity index (χ0) is 21.8. The van der Waals surface area contributed by atoms with Gasteiger partial charge < -0.3 is 20.9 Å². The van der Waals surface area contributed by atoms with E-state index in [2.05, 4.69) is 88.6 Å². The van der Waals surface area contributed by atoms with E-state index in [4.69, 9.17) is 0 Å². The van der Waals surface area contributed by atoms with Gasteiger partial charge in [-0.3, -0.25) is 0 Å². The summed E-state index contributed by atoms with van der Waals surface area (Å²) < 4.78 is 0. The highest BCUT2D eigenvalue weighted by atomic mass is 15.1. The molecule has 2 rings (SSSR count). The quantitative estimate of drug-likeness (QED) is 0.259. The predicted octanol–water partition coefficient (Wildman–Crippen LogP) is 5.53. The van der Waals surface area contributed by atoms with Gasteiger partial charge in [-0.05, 0) is 76.1 Å². The zero-order valence-corrected chi connectivity index (χ0v) is 19.6. The number of hydrogen-bond donors (Lipinski definition) is 3. The molecule has 0 unspecified atom stereocenters. The Morgan fingerprint density at radius 3 is 1.71 bits per heavy atom. The summed E-state index contributed by atoms with van der Waals surface area (Å²) in [5.74, 6) is 0. The molecule has 2 aromatic carbocycles. The Morgan fingerprint density at radius 2 is 1.06 bits per heavy atom. The molecule has 0 aromatic heterocycles. The highest BCUT2D eigenvalue weighted by molar-refractivity contribution is 5.44. The monoisotopic (exact) mass is 424 g/mol. The molecule has 0 fully saturated rings. The Balaban J connectivity index is 1.25. The Bertz CT molecular complexity index is 632. The minimum absolute atomic E-state index is 1.04. The van der Waals surface area contributed by atoms with Crippen molar-refractivity contribution in [3.8, 4) is 0 Å². The topological polar surface area (TPSA) is 39.3 Å². The van der Waals surface area contributed by atoms with E-state index in [0.717, 1.165) is 39.3 Å². The predicted molar refractivity (Wildman–Crippen MR) is 137 cm³/mol. The van der Waals surface area contributed by atoms with Gasteiger partial charge in [0.1, 0.15) is 0 Å². The Labute approximate surface area is 190 Å². The van der Waals surface area contributed by atoms with E-state index >= 15 is 0 Å². The van der Waals surface area contributed by atoms with Crippen molar-refractivity contribution in [3.05, 3.63) is 60.7 Å². The second kappa shape index (κ2) is 17.6. The first kappa shape index (κ1) is 25.2. The largest absolute Gasteiger partial charge is 0.385 e. The minimum atomic E-state index is 1.04. The molecule has 0 saturated carbocycles. The average molecular weight is 425 g/mol. The van der Waals surface area contributed by atoms with E-state index in [1.165, 1.54) is 62.7 Å². The van der Waals surface area contributed by atoms with Crippen molar-refractivity contribution in [2.75, 3.05) is 56.5 Å². The summed E-state index contributed by atoms with van der Waals surface area (Å²) in [6.07, 6.45) is 10.4. The zero-order valence-electron chi connectivity index (χ0n) is 19.6. The molecule has 0 aliphatic heterocycles. The van der Waals surface area contributed by atoms with Crippen molar-refractivity contribution < 1.29 is 0 Å². The summed E-state index contributed by atoms with van der Waals surface area (Å²) in [5.41, 5.74) is 2.52. The van der Waals surface area contributed by atoms with Gasteiger partial charge in [0.2, 0.25) is 0 Å². The van der Waals surface area contributed by atoms with Crippen molar-refractivity contribution in [1.82, 2.24) is 10.6 Å². The highest BCUT2D eigenvalue weighted by Gasteiger charge is 1.99. The number of rotatable bonds is 19. The summed E-state index contributed by atoms with van der Waals surface area (Å²) >= 11 is 0. The summed E-state index contributed by atoms with van der Waals surface area (Å²) in [7, 11) is 2.17. The maximum atomic E-state index is 3.60. The first-order valence-corrected chi connectivity index (χ1v) is 12.3. The molecular weight excluding hydrogens is 380 g/mol. The normalized spacial score (nSPS) is 10.9. The maximum Gasteiger partial charge on any atom is 0.0363 e. The number of nitrogens with zero attached hydrogens (tertiary/aromatic N) is 1. The van der Waals surface area contributed by atoms with Crippen molar-refractivity contribution in [2.45, 2.75) is 51.4 Å². The third-order valence-electron chi connectivity index (χ3n) is 5.63. The van der Waals surface area contributed by atoms with Crippen molar-refractivity contribution in [3.63, 3.8) is 0 Å². The third kappa shape index (κ3) is 13.1. The van der Waals surface area contributed by atoms with Gasteiger partial charge in [0.25, 0.3) is 0 Å². The van der Waals surface area contributed by atoms with Crippen LogP contribution >= 0.6 is 0 Å². The summed E-state index contributed by atoms with van der Waals surface area (Å²) in [5, 5.41) is 10.6. The summed E-state index contributed by atoms with van der Waals surface area (Å²) in [6.45, 7) is 6.68. The minimum Gasteiger partial charge on any atom is -0.385 e. The summed E-state index contributed by atoms with van der Waals surface area (Å²) in [6, 6.07) is 21.1. The lowest BCUT2D eigenvalue weighted by Crippen LogP contribution is -2.24. The van der Waals surface area contributed by atoms with Gasteiger partial charge in [-0.25, -0.2) is 0 Å². The van der Waals surface area contributed by atoms with Gasteiger partial charge in [0.05, 0.1) is 0 Å². The van der Waals surface area contributed by atoms with E-state index in [-0.39, 0.29) is 0 Å². The van der Waals surface area contributed by atoms with E-state index in [9.17, 15) is 0 Å². The van der Waals surface area contributed by atoms with E-state index < -0.39 is 0 Å². The molecule has 31 heavy (non-hydrogen) atoms. The first-order chi connectivity index (χ1) is 15.4. The van der Waals surface area contributed by atoms with Crippen molar-refractivity contribution in [1.29, 1.82) is 0 Å². The van der Waals surface area contributed by atoms with Crippen molar-refractivity contribution in [2.24, 2.45) is 0 Å². The number of hydrogen-bond acceptors (Lipinski definition) is 4. The van der Waals surface area contributed by atoms with Gasteiger partial charge in [-0.2, -0.15) is 0 Å². The Morgan fingerprint density at radius 1 is 0.548 bits per heavy atom. The van der Waals surface area contributed by atoms with Crippen LogP contribution in [0, 0.1) is 0 Å². The maximum absolute atomic E-state index is 3.60. The molecule has 0 aliphatic carbocycles. The standard InChI is InChI=1S/C27H44N4/c1-31(27-18-10-7-11-19-27)25-15-23-29-21-13-5-3-2-4-12-20-28-22-14-24-30-26-16-8-6-9-17-26/h6-11,16-19,28-30H,2-5,12-15,20-25H2,1H3. The van der Waals surface area contributed by atoms with Crippen molar-refractivity contribution >= 4 is 11.4 Å². The first-order valence-electron chi connectivity index (χ1n) is 12.3. The molecule has 3 N–H and O–H groups in total. The molecule has 0 spiro atoms. The van der Waals surface area contributed by atoms with Crippen LogP contribution in [0.25, 0.3) is 0 Å². The number of nitrogens with one attached hydrogen (secondary N) is 3. The van der Waals surface area contributed by atoms with Gasteiger partial charge >= 0.3 is 0 Å². The van der Waals surface area contributed by atoms with Crippen LogP contribution in [0.5, 0.6) is 0 Å². The molecule has 0 amide bonds. The van der Waals surface area contributed by atoms with Crippen LogP contribution < -0.4 is 20.9 Å². The number of unbranched alkanes of at least 4 members (excludes halogenated alkanes) is 5. The number of anilines is 2. The summed E-state index contributed by atoms with van der Waals surface area (Å²) in [4.78, 5) is 2.33. The molecule has 0 atom stereocenters.